The van der Waals surface area contributed by atoms with Crippen LogP contribution in [-0.4, -0.2) is 43.4 Å². The number of aromatic carboxylic acids is 1. The van der Waals surface area contributed by atoms with E-state index >= 15 is 0 Å². The lowest BCUT2D eigenvalue weighted by Crippen LogP contribution is -2.29. The molecular weight excluding hydrogens is 358 g/mol. The minimum Gasteiger partial charge on any atom is -0.478 e. The van der Waals surface area contributed by atoms with E-state index in [0.29, 0.717) is 25.7 Å². The Morgan fingerprint density at radius 1 is 1.14 bits per heavy atom. The van der Waals surface area contributed by atoms with Gasteiger partial charge in [-0.05, 0) is 41.7 Å². The van der Waals surface area contributed by atoms with Gasteiger partial charge in [-0.15, -0.1) is 0 Å². The summed E-state index contributed by atoms with van der Waals surface area (Å²) in [5.74, 6) is -0.705. The van der Waals surface area contributed by atoms with E-state index < -0.39 is 5.97 Å². The van der Waals surface area contributed by atoms with Crippen molar-refractivity contribution in [3.8, 4) is 11.1 Å². The monoisotopic (exact) mass is 383 g/mol. The van der Waals surface area contributed by atoms with Crippen molar-refractivity contribution < 1.29 is 24.2 Å². The molecule has 1 heterocycles. The zero-order chi connectivity index (χ0) is 19.8. The topological polar surface area (TPSA) is 84.9 Å². The van der Waals surface area contributed by atoms with E-state index in [-0.39, 0.29) is 18.1 Å². The number of nitrogens with one attached hydrogen (secondary N) is 1. The third kappa shape index (κ3) is 5.90. The molecule has 1 unspecified atom stereocenters. The van der Waals surface area contributed by atoms with E-state index in [1.807, 2.05) is 30.3 Å². The predicted molar refractivity (Wildman–Crippen MR) is 105 cm³/mol. The highest BCUT2D eigenvalue weighted by Gasteiger charge is 2.14. The number of rotatable bonds is 8. The quantitative estimate of drug-likeness (QED) is 0.732. The Morgan fingerprint density at radius 2 is 1.96 bits per heavy atom. The maximum Gasteiger partial charge on any atom is 0.335 e. The third-order valence-corrected chi connectivity index (χ3v) is 4.73. The van der Waals surface area contributed by atoms with Crippen molar-refractivity contribution in [3.05, 3.63) is 59.7 Å². The minimum absolute atomic E-state index is 0.0521. The number of hydrogen-bond acceptors (Lipinski definition) is 4. The van der Waals surface area contributed by atoms with Crippen molar-refractivity contribution in [2.24, 2.45) is 5.92 Å². The van der Waals surface area contributed by atoms with Gasteiger partial charge in [0.2, 0.25) is 5.91 Å². The van der Waals surface area contributed by atoms with Gasteiger partial charge in [0.15, 0.2) is 0 Å². The van der Waals surface area contributed by atoms with Gasteiger partial charge >= 0.3 is 5.97 Å². The second-order valence-electron chi connectivity index (χ2n) is 6.96. The van der Waals surface area contributed by atoms with Crippen LogP contribution in [0.2, 0.25) is 0 Å². The summed E-state index contributed by atoms with van der Waals surface area (Å²) in [7, 11) is 0. The van der Waals surface area contributed by atoms with Gasteiger partial charge in [-0.1, -0.05) is 36.4 Å². The molecule has 0 aromatic heterocycles. The van der Waals surface area contributed by atoms with Crippen LogP contribution in [0.3, 0.4) is 0 Å². The second kappa shape index (κ2) is 10.0. The lowest BCUT2D eigenvalue weighted by molar-refractivity contribution is -0.126. The molecule has 2 aromatic rings. The molecule has 0 bridgehead atoms. The number of carboxylic acid groups (broad SMARTS) is 1. The Morgan fingerprint density at radius 3 is 2.68 bits per heavy atom. The Hall–Kier alpha value is -2.70. The number of carbonyl (C=O) groups is 2. The van der Waals surface area contributed by atoms with Gasteiger partial charge in [0.25, 0.3) is 0 Å². The molecule has 2 N–H and O–H groups in total. The van der Waals surface area contributed by atoms with Crippen LogP contribution in [0, 0.1) is 5.92 Å². The molecule has 28 heavy (non-hydrogen) atoms. The fraction of sp³-hybridized carbons (Fsp3) is 0.364. The average Bonchev–Trinajstić information content (AvgIpc) is 2.73. The molecule has 1 saturated heterocycles. The van der Waals surface area contributed by atoms with E-state index in [9.17, 15) is 9.59 Å². The lowest BCUT2D eigenvalue weighted by Gasteiger charge is -2.21. The van der Waals surface area contributed by atoms with Gasteiger partial charge < -0.3 is 19.9 Å². The standard InChI is InChI=1S/C22H25NO5/c24-21(15-28-14-17-3-2-10-27-13-17)23-12-16-6-8-18(9-7-16)19-4-1-5-20(11-19)22(25)26/h1,4-9,11,17H,2-3,10,12-15H2,(H,23,24)(H,25,26). The summed E-state index contributed by atoms with van der Waals surface area (Å²) < 4.78 is 10.9. The Kier molecular flexibility index (Phi) is 7.17. The van der Waals surface area contributed by atoms with E-state index in [1.54, 1.807) is 18.2 Å². The number of amides is 1. The first kappa shape index (κ1) is 20.0. The number of carboxylic acids is 1. The molecule has 1 amide bonds. The normalized spacial score (nSPS) is 16.5. The van der Waals surface area contributed by atoms with Crippen LogP contribution in [-0.2, 0) is 20.8 Å². The molecule has 3 rings (SSSR count). The van der Waals surface area contributed by atoms with Crippen LogP contribution in [0.5, 0.6) is 0 Å². The summed E-state index contributed by atoms with van der Waals surface area (Å²) in [5.41, 5.74) is 2.99. The second-order valence-corrected chi connectivity index (χ2v) is 6.96. The zero-order valence-electron chi connectivity index (χ0n) is 15.7. The van der Waals surface area contributed by atoms with Gasteiger partial charge in [-0.25, -0.2) is 4.79 Å². The molecule has 148 valence electrons. The highest BCUT2D eigenvalue weighted by molar-refractivity contribution is 5.89. The van der Waals surface area contributed by atoms with Crippen LogP contribution in [0.15, 0.2) is 48.5 Å². The van der Waals surface area contributed by atoms with Crippen LogP contribution in [0.25, 0.3) is 11.1 Å². The molecule has 2 aromatic carbocycles. The van der Waals surface area contributed by atoms with Crippen molar-refractivity contribution >= 4 is 11.9 Å². The number of hydrogen-bond donors (Lipinski definition) is 2. The van der Waals surface area contributed by atoms with E-state index in [4.69, 9.17) is 14.6 Å². The molecule has 1 aliphatic heterocycles. The van der Waals surface area contributed by atoms with Gasteiger partial charge in [0, 0.05) is 19.1 Å². The summed E-state index contributed by atoms with van der Waals surface area (Å²) in [5, 5.41) is 11.9. The highest BCUT2D eigenvalue weighted by atomic mass is 16.5. The summed E-state index contributed by atoms with van der Waals surface area (Å²) >= 11 is 0. The molecule has 1 fully saturated rings. The maximum atomic E-state index is 11.9. The maximum absolute atomic E-state index is 11.9. The Bertz CT molecular complexity index is 797. The van der Waals surface area contributed by atoms with Crippen LogP contribution >= 0.6 is 0 Å². The van der Waals surface area contributed by atoms with Crippen molar-refractivity contribution in [2.75, 3.05) is 26.4 Å². The first-order chi connectivity index (χ1) is 13.6. The van der Waals surface area contributed by atoms with Gasteiger partial charge in [-0.3, -0.25) is 4.79 Å². The van der Waals surface area contributed by atoms with Crippen molar-refractivity contribution in [2.45, 2.75) is 19.4 Å². The fourth-order valence-corrected chi connectivity index (χ4v) is 3.16. The lowest BCUT2D eigenvalue weighted by atomic mass is 10.0. The molecule has 1 atom stereocenters. The predicted octanol–water partition coefficient (Wildman–Crippen LogP) is 3.11. The van der Waals surface area contributed by atoms with Crippen molar-refractivity contribution in [1.82, 2.24) is 5.32 Å². The smallest absolute Gasteiger partial charge is 0.335 e. The largest absolute Gasteiger partial charge is 0.478 e. The molecule has 0 saturated carbocycles. The van der Waals surface area contributed by atoms with Gasteiger partial charge in [0.05, 0.1) is 18.8 Å². The fourth-order valence-electron chi connectivity index (χ4n) is 3.16. The minimum atomic E-state index is -0.945. The van der Waals surface area contributed by atoms with Crippen LogP contribution in [0.1, 0.15) is 28.8 Å². The summed E-state index contributed by atoms with van der Waals surface area (Å²) in [6.07, 6.45) is 2.14. The first-order valence-corrected chi connectivity index (χ1v) is 9.46. The molecule has 0 radical (unpaired) electrons. The Labute approximate surface area is 164 Å². The van der Waals surface area contributed by atoms with Crippen molar-refractivity contribution in [3.63, 3.8) is 0 Å². The highest BCUT2D eigenvalue weighted by Crippen LogP contribution is 2.21. The van der Waals surface area contributed by atoms with Crippen LogP contribution in [0.4, 0.5) is 0 Å². The molecular formula is C22H25NO5. The third-order valence-electron chi connectivity index (χ3n) is 4.73. The summed E-state index contributed by atoms with van der Waals surface area (Å²) in [4.78, 5) is 23.0. The van der Waals surface area contributed by atoms with Crippen molar-refractivity contribution in [1.29, 1.82) is 0 Å². The summed E-state index contributed by atoms with van der Waals surface area (Å²) in [6, 6.07) is 14.5. The zero-order valence-corrected chi connectivity index (χ0v) is 15.7. The van der Waals surface area contributed by atoms with E-state index in [1.165, 1.54) is 0 Å². The summed E-state index contributed by atoms with van der Waals surface area (Å²) in [6.45, 7) is 2.56. The average molecular weight is 383 g/mol. The SMILES string of the molecule is O=C(COCC1CCCOC1)NCc1ccc(-c2cccc(C(=O)O)c2)cc1. The van der Waals surface area contributed by atoms with E-state index in [0.717, 1.165) is 36.1 Å². The van der Waals surface area contributed by atoms with Crippen LogP contribution < -0.4 is 5.32 Å². The van der Waals surface area contributed by atoms with Gasteiger partial charge in [-0.2, -0.15) is 0 Å². The Balaban J connectivity index is 1.44. The van der Waals surface area contributed by atoms with E-state index in [2.05, 4.69) is 5.32 Å². The molecule has 0 spiro atoms. The number of benzene rings is 2. The molecule has 6 heteroatoms. The number of ether oxygens (including phenoxy) is 2. The van der Waals surface area contributed by atoms with Gasteiger partial charge in [0.1, 0.15) is 6.61 Å². The first-order valence-electron chi connectivity index (χ1n) is 9.46. The molecule has 1 aliphatic rings. The molecule has 6 nitrogen and oxygen atoms in total. The number of carbonyl (C=O) groups excluding carboxylic acids is 1. The molecule has 0 aliphatic carbocycles.